The molecule has 2 aromatic rings. The highest BCUT2D eigenvalue weighted by Crippen LogP contribution is 2.25. The van der Waals surface area contributed by atoms with Crippen molar-refractivity contribution in [3.63, 3.8) is 0 Å². The van der Waals surface area contributed by atoms with Crippen LogP contribution in [-0.4, -0.2) is 40.4 Å². The van der Waals surface area contributed by atoms with Crippen LogP contribution in [0.2, 0.25) is 0 Å². The van der Waals surface area contributed by atoms with Gasteiger partial charge in [-0.2, -0.15) is 0 Å². The Kier molecular flexibility index (Phi) is 5.90. The summed E-state index contributed by atoms with van der Waals surface area (Å²) >= 11 is 0. The van der Waals surface area contributed by atoms with E-state index in [2.05, 4.69) is 46.9 Å². The Morgan fingerprint density at radius 1 is 1.00 bits per heavy atom. The molecule has 5 heteroatoms. The molecule has 5 nitrogen and oxygen atoms in total. The number of hydrogen-bond donors (Lipinski definition) is 0. The molecule has 0 saturated carbocycles. The Morgan fingerprint density at radius 2 is 1.71 bits per heavy atom. The first kappa shape index (κ1) is 17.9. The van der Waals surface area contributed by atoms with Gasteiger partial charge in [0.2, 0.25) is 0 Å². The lowest BCUT2D eigenvalue weighted by Gasteiger charge is -2.24. The smallest absolute Gasteiger partial charge is 0.272 e. The Hall–Kier alpha value is -2.43. The largest absolute Gasteiger partial charge is 0.338 e. The summed E-state index contributed by atoms with van der Waals surface area (Å²) in [5, 5.41) is 0. The molecule has 1 heterocycles. The molecule has 0 N–H and O–H groups in total. The fourth-order valence-electron chi connectivity index (χ4n) is 2.75. The van der Waals surface area contributed by atoms with E-state index in [1.54, 1.807) is 11.0 Å². The first-order valence-corrected chi connectivity index (χ1v) is 8.49. The number of aromatic nitrogens is 2. The monoisotopic (exact) mass is 326 g/mol. The van der Waals surface area contributed by atoms with E-state index in [0.29, 0.717) is 24.6 Å². The molecule has 0 aliphatic heterocycles. The van der Waals surface area contributed by atoms with Gasteiger partial charge in [0.1, 0.15) is 17.3 Å². The molecule has 128 valence electrons. The van der Waals surface area contributed by atoms with Gasteiger partial charge in [-0.05, 0) is 52.3 Å². The molecule has 1 aromatic heterocycles. The molecule has 0 aliphatic rings. The van der Waals surface area contributed by atoms with Crippen molar-refractivity contribution < 1.29 is 4.79 Å². The Bertz CT molecular complexity index is 710. The van der Waals surface area contributed by atoms with Crippen LogP contribution in [0.5, 0.6) is 0 Å². The normalized spacial score (nSPS) is 10.5. The molecule has 0 aliphatic carbocycles. The summed E-state index contributed by atoms with van der Waals surface area (Å²) in [5.41, 5.74) is 2.71. The molecular weight excluding hydrogens is 300 g/mol. The average Bonchev–Trinajstić information content (AvgIpc) is 2.56. The minimum atomic E-state index is -0.0490. The average molecular weight is 326 g/mol. The number of nitrogens with zero attached hydrogens (tertiary/aromatic N) is 4. The maximum atomic E-state index is 12.6. The zero-order valence-electron chi connectivity index (χ0n) is 15.2. The molecule has 0 saturated heterocycles. The number of hydrogen-bond acceptors (Lipinski definition) is 4. The van der Waals surface area contributed by atoms with Crippen molar-refractivity contribution in [3.8, 4) is 0 Å². The summed E-state index contributed by atoms with van der Waals surface area (Å²) < 4.78 is 0. The van der Waals surface area contributed by atoms with E-state index in [4.69, 9.17) is 0 Å². The molecule has 2 rings (SSSR count). The van der Waals surface area contributed by atoms with Gasteiger partial charge < -0.3 is 9.80 Å². The van der Waals surface area contributed by atoms with E-state index in [0.717, 1.165) is 18.1 Å². The van der Waals surface area contributed by atoms with Gasteiger partial charge in [-0.25, -0.2) is 9.97 Å². The quantitative estimate of drug-likeness (QED) is 0.811. The summed E-state index contributed by atoms with van der Waals surface area (Å²) in [6, 6.07) is 10.1. The van der Waals surface area contributed by atoms with Crippen molar-refractivity contribution in [1.29, 1.82) is 0 Å². The third-order valence-corrected chi connectivity index (χ3v) is 4.00. The Morgan fingerprint density at radius 3 is 2.29 bits per heavy atom. The van der Waals surface area contributed by atoms with Crippen molar-refractivity contribution in [3.05, 3.63) is 47.4 Å². The lowest BCUT2D eigenvalue weighted by atomic mass is 10.2. The lowest BCUT2D eigenvalue weighted by Crippen LogP contribution is -2.31. The van der Waals surface area contributed by atoms with Crippen molar-refractivity contribution >= 4 is 17.4 Å². The first-order chi connectivity index (χ1) is 11.5. The minimum absolute atomic E-state index is 0.0490. The van der Waals surface area contributed by atoms with Gasteiger partial charge in [0, 0.05) is 31.4 Å². The second kappa shape index (κ2) is 7.90. The van der Waals surface area contributed by atoms with Gasteiger partial charge in [0.25, 0.3) is 5.91 Å². The zero-order valence-corrected chi connectivity index (χ0v) is 15.2. The third-order valence-electron chi connectivity index (χ3n) is 4.00. The standard InChI is InChI=1S/C19H26N4O/c1-6-22(7-2)19(24)17-13-18(21-15(5)20-17)23(8-3)16-11-9-10-14(4)12-16/h9-13H,6-8H2,1-5H3. The van der Waals surface area contributed by atoms with E-state index in [-0.39, 0.29) is 5.91 Å². The molecule has 0 spiro atoms. The SMILES string of the molecule is CCN(CC)C(=O)c1cc(N(CC)c2cccc(C)c2)nc(C)n1. The molecular formula is C19H26N4O. The van der Waals surface area contributed by atoms with Crippen LogP contribution in [0.15, 0.2) is 30.3 Å². The number of carbonyl (C=O) groups excluding carboxylic acids is 1. The molecule has 0 radical (unpaired) electrons. The van der Waals surface area contributed by atoms with Gasteiger partial charge >= 0.3 is 0 Å². The van der Waals surface area contributed by atoms with Crippen molar-refractivity contribution in [2.75, 3.05) is 24.5 Å². The lowest BCUT2D eigenvalue weighted by molar-refractivity contribution is 0.0766. The first-order valence-electron chi connectivity index (χ1n) is 8.49. The molecule has 1 aromatic carbocycles. The van der Waals surface area contributed by atoms with Gasteiger partial charge in [0.05, 0.1) is 0 Å². The van der Waals surface area contributed by atoms with E-state index in [9.17, 15) is 4.79 Å². The number of aryl methyl sites for hydroxylation is 2. The van der Waals surface area contributed by atoms with Gasteiger partial charge in [0.15, 0.2) is 0 Å². The van der Waals surface area contributed by atoms with Crippen molar-refractivity contribution in [2.45, 2.75) is 34.6 Å². The van der Waals surface area contributed by atoms with E-state index < -0.39 is 0 Å². The second-order valence-corrected chi connectivity index (χ2v) is 5.72. The number of carbonyl (C=O) groups is 1. The highest BCUT2D eigenvalue weighted by Gasteiger charge is 2.18. The summed E-state index contributed by atoms with van der Waals surface area (Å²) in [6.45, 7) is 12.0. The topological polar surface area (TPSA) is 49.3 Å². The molecule has 0 atom stereocenters. The van der Waals surface area contributed by atoms with E-state index >= 15 is 0 Å². The van der Waals surface area contributed by atoms with Crippen LogP contribution in [0, 0.1) is 13.8 Å². The second-order valence-electron chi connectivity index (χ2n) is 5.72. The van der Waals surface area contributed by atoms with Crippen molar-refractivity contribution in [1.82, 2.24) is 14.9 Å². The number of amides is 1. The van der Waals surface area contributed by atoms with Gasteiger partial charge in [-0.1, -0.05) is 12.1 Å². The zero-order chi connectivity index (χ0) is 17.7. The molecule has 0 fully saturated rings. The van der Waals surface area contributed by atoms with E-state index in [1.807, 2.05) is 26.8 Å². The summed E-state index contributed by atoms with van der Waals surface area (Å²) in [4.78, 5) is 25.4. The number of anilines is 2. The van der Waals surface area contributed by atoms with Crippen LogP contribution in [-0.2, 0) is 0 Å². The fourth-order valence-corrected chi connectivity index (χ4v) is 2.75. The summed E-state index contributed by atoms with van der Waals surface area (Å²) in [6.07, 6.45) is 0. The summed E-state index contributed by atoms with van der Waals surface area (Å²) in [5.74, 6) is 1.31. The van der Waals surface area contributed by atoms with Crippen LogP contribution >= 0.6 is 0 Å². The highest BCUT2D eigenvalue weighted by atomic mass is 16.2. The van der Waals surface area contributed by atoms with Crippen LogP contribution in [0.3, 0.4) is 0 Å². The molecule has 24 heavy (non-hydrogen) atoms. The van der Waals surface area contributed by atoms with Crippen LogP contribution in [0.4, 0.5) is 11.5 Å². The predicted octanol–water partition coefficient (Wildman–Crippen LogP) is 3.73. The molecule has 0 bridgehead atoms. The third kappa shape index (κ3) is 3.91. The highest BCUT2D eigenvalue weighted by molar-refractivity contribution is 5.93. The van der Waals surface area contributed by atoms with E-state index in [1.165, 1.54) is 5.56 Å². The Labute approximate surface area is 144 Å². The van der Waals surface area contributed by atoms with Crippen LogP contribution < -0.4 is 4.90 Å². The molecule has 1 amide bonds. The predicted molar refractivity (Wildman–Crippen MR) is 97.9 cm³/mol. The number of rotatable bonds is 6. The summed E-state index contributed by atoms with van der Waals surface area (Å²) in [7, 11) is 0. The number of benzene rings is 1. The van der Waals surface area contributed by atoms with Crippen LogP contribution in [0.25, 0.3) is 0 Å². The maximum Gasteiger partial charge on any atom is 0.272 e. The minimum Gasteiger partial charge on any atom is -0.338 e. The van der Waals surface area contributed by atoms with Gasteiger partial charge in [-0.3, -0.25) is 4.79 Å². The fraction of sp³-hybridized carbons (Fsp3) is 0.421. The maximum absolute atomic E-state index is 12.6. The van der Waals surface area contributed by atoms with Crippen LogP contribution in [0.1, 0.15) is 42.6 Å². The van der Waals surface area contributed by atoms with Gasteiger partial charge in [-0.15, -0.1) is 0 Å². The Balaban J connectivity index is 2.44. The van der Waals surface area contributed by atoms with Crippen molar-refractivity contribution in [2.24, 2.45) is 0 Å². The molecule has 0 unspecified atom stereocenters.